The van der Waals surface area contributed by atoms with Crippen LogP contribution in [0.25, 0.3) is 0 Å². The zero-order valence-corrected chi connectivity index (χ0v) is 13.8. The minimum absolute atomic E-state index is 0.700. The van der Waals surface area contributed by atoms with Crippen molar-refractivity contribution in [3.8, 4) is 0 Å². The van der Waals surface area contributed by atoms with Gasteiger partial charge in [0.2, 0.25) is 0 Å². The summed E-state index contributed by atoms with van der Waals surface area (Å²) in [6.07, 6.45) is 12.4. The van der Waals surface area contributed by atoms with Crippen LogP contribution in [-0.4, -0.2) is 36.6 Å². The lowest BCUT2D eigenvalue weighted by Gasteiger charge is -2.41. The van der Waals surface area contributed by atoms with Gasteiger partial charge >= 0.3 is 0 Å². The Morgan fingerprint density at radius 3 is 2.37 bits per heavy atom. The van der Waals surface area contributed by atoms with Gasteiger partial charge in [-0.3, -0.25) is 4.90 Å². The second-order valence-corrected chi connectivity index (χ2v) is 6.30. The summed E-state index contributed by atoms with van der Waals surface area (Å²) in [5.41, 5.74) is 0. The first-order chi connectivity index (χ1) is 9.24. The van der Waals surface area contributed by atoms with Gasteiger partial charge in [0.05, 0.1) is 0 Å². The molecule has 3 atom stereocenters. The van der Waals surface area contributed by atoms with E-state index in [-0.39, 0.29) is 0 Å². The van der Waals surface area contributed by atoms with Crippen LogP contribution in [-0.2, 0) is 0 Å². The highest BCUT2D eigenvalue weighted by molar-refractivity contribution is 4.87. The minimum atomic E-state index is 0.700. The molecule has 0 aliphatic heterocycles. The highest BCUT2D eigenvalue weighted by Crippen LogP contribution is 2.24. The van der Waals surface area contributed by atoms with Gasteiger partial charge in [0, 0.05) is 18.1 Å². The molecule has 3 unspecified atom stereocenters. The van der Waals surface area contributed by atoms with E-state index < -0.39 is 0 Å². The van der Waals surface area contributed by atoms with Gasteiger partial charge in [-0.05, 0) is 46.2 Å². The molecule has 1 fully saturated rings. The number of hydrogen-bond acceptors (Lipinski definition) is 2. The van der Waals surface area contributed by atoms with Gasteiger partial charge in [-0.25, -0.2) is 0 Å². The van der Waals surface area contributed by atoms with E-state index >= 15 is 0 Å². The predicted molar refractivity (Wildman–Crippen MR) is 85.7 cm³/mol. The molecule has 1 N–H and O–H groups in total. The third kappa shape index (κ3) is 5.43. The van der Waals surface area contributed by atoms with Crippen LogP contribution < -0.4 is 5.32 Å². The molecule has 1 aliphatic carbocycles. The van der Waals surface area contributed by atoms with Crippen molar-refractivity contribution < 1.29 is 0 Å². The molecule has 114 valence electrons. The van der Waals surface area contributed by atoms with Gasteiger partial charge in [0.15, 0.2) is 0 Å². The first-order valence-corrected chi connectivity index (χ1v) is 8.67. The quantitative estimate of drug-likeness (QED) is 0.744. The maximum atomic E-state index is 3.62. The molecular weight excluding hydrogens is 232 g/mol. The van der Waals surface area contributed by atoms with Crippen LogP contribution >= 0.6 is 0 Å². The van der Waals surface area contributed by atoms with Gasteiger partial charge in [-0.15, -0.1) is 0 Å². The lowest BCUT2D eigenvalue weighted by molar-refractivity contribution is 0.0927. The average Bonchev–Trinajstić information content (AvgIpc) is 2.40. The monoisotopic (exact) mass is 268 g/mol. The molecule has 1 rings (SSSR count). The Morgan fingerprint density at radius 1 is 1.11 bits per heavy atom. The van der Waals surface area contributed by atoms with E-state index in [2.05, 4.69) is 38.0 Å². The summed E-state index contributed by atoms with van der Waals surface area (Å²) < 4.78 is 0. The Bertz CT molecular complexity index is 217. The molecule has 1 aliphatic rings. The van der Waals surface area contributed by atoms with Gasteiger partial charge in [0.1, 0.15) is 0 Å². The first kappa shape index (κ1) is 17.0. The summed E-state index contributed by atoms with van der Waals surface area (Å²) >= 11 is 0. The molecule has 0 spiro atoms. The molecule has 0 radical (unpaired) electrons. The molecule has 2 heteroatoms. The van der Waals surface area contributed by atoms with Crippen LogP contribution in [0.3, 0.4) is 0 Å². The molecular formula is C17H36N2. The molecule has 0 heterocycles. The lowest BCUT2D eigenvalue weighted by Crippen LogP contribution is -2.52. The molecule has 0 aromatic carbocycles. The van der Waals surface area contributed by atoms with Crippen molar-refractivity contribution in [2.24, 2.45) is 0 Å². The van der Waals surface area contributed by atoms with Crippen LogP contribution in [0, 0.1) is 0 Å². The average molecular weight is 268 g/mol. The van der Waals surface area contributed by atoms with Crippen molar-refractivity contribution in [1.29, 1.82) is 0 Å². The van der Waals surface area contributed by atoms with Crippen molar-refractivity contribution in [1.82, 2.24) is 10.2 Å². The smallest absolute Gasteiger partial charge is 0.0252 e. The maximum Gasteiger partial charge on any atom is 0.0252 e. The Hall–Kier alpha value is -0.0800. The van der Waals surface area contributed by atoms with E-state index in [1.165, 1.54) is 64.3 Å². The van der Waals surface area contributed by atoms with E-state index in [1.54, 1.807) is 0 Å². The van der Waals surface area contributed by atoms with Gasteiger partial charge in [-0.2, -0.15) is 0 Å². The van der Waals surface area contributed by atoms with Crippen molar-refractivity contribution in [2.45, 2.75) is 96.7 Å². The number of nitrogens with zero attached hydrogens (tertiary/aromatic N) is 1. The standard InChI is InChI=1S/C17H36N2/c1-5-7-14-19(15(3)6-2)17-13-11-9-8-10-12-16(17)18-4/h15-18H,5-14H2,1-4H3. The van der Waals surface area contributed by atoms with E-state index in [0.29, 0.717) is 6.04 Å². The third-order valence-electron chi connectivity index (χ3n) is 4.95. The van der Waals surface area contributed by atoms with Crippen LogP contribution in [0.15, 0.2) is 0 Å². The predicted octanol–water partition coefficient (Wildman–Crippen LogP) is 4.20. The Balaban J connectivity index is 2.73. The molecule has 0 aromatic rings. The summed E-state index contributed by atoms with van der Waals surface area (Å²) in [5, 5.41) is 3.62. The number of rotatable bonds is 7. The Morgan fingerprint density at radius 2 is 1.79 bits per heavy atom. The largest absolute Gasteiger partial charge is 0.315 e. The Kier molecular flexibility index (Phi) is 8.72. The minimum Gasteiger partial charge on any atom is -0.315 e. The van der Waals surface area contributed by atoms with Crippen molar-refractivity contribution in [2.75, 3.05) is 13.6 Å². The summed E-state index contributed by atoms with van der Waals surface area (Å²) in [4.78, 5) is 2.82. The van der Waals surface area contributed by atoms with Crippen molar-refractivity contribution in [3.05, 3.63) is 0 Å². The normalized spacial score (nSPS) is 27.0. The van der Waals surface area contributed by atoms with E-state index in [9.17, 15) is 0 Å². The second kappa shape index (κ2) is 9.77. The fraction of sp³-hybridized carbons (Fsp3) is 1.00. The van der Waals surface area contributed by atoms with Gasteiger partial charge in [0.25, 0.3) is 0 Å². The molecule has 19 heavy (non-hydrogen) atoms. The fourth-order valence-corrected chi connectivity index (χ4v) is 3.49. The molecule has 1 saturated carbocycles. The molecule has 0 saturated heterocycles. The fourth-order valence-electron chi connectivity index (χ4n) is 3.49. The summed E-state index contributed by atoms with van der Waals surface area (Å²) in [6.45, 7) is 8.35. The topological polar surface area (TPSA) is 15.3 Å². The van der Waals surface area contributed by atoms with Gasteiger partial charge < -0.3 is 5.32 Å². The summed E-state index contributed by atoms with van der Waals surface area (Å²) in [5.74, 6) is 0. The van der Waals surface area contributed by atoms with E-state index in [0.717, 1.165) is 12.1 Å². The van der Waals surface area contributed by atoms with Crippen LogP contribution in [0.4, 0.5) is 0 Å². The van der Waals surface area contributed by atoms with Crippen molar-refractivity contribution in [3.63, 3.8) is 0 Å². The lowest BCUT2D eigenvalue weighted by atomic mass is 9.90. The second-order valence-electron chi connectivity index (χ2n) is 6.30. The van der Waals surface area contributed by atoms with Crippen molar-refractivity contribution >= 4 is 0 Å². The number of nitrogens with one attached hydrogen (secondary N) is 1. The number of likely N-dealkylation sites (N-methyl/N-ethyl adjacent to an activating group) is 1. The zero-order valence-electron chi connectivity index (χ0n) is 13.8. The van der Waals surface area contributed by atoms with Crippen LogP contribution in [0.5, 0.6) is 0 Å². The molecule has 0 amide bonds. The Labute approximate surface area is 121 Å². The van der Waals surface area contributed by atoms with Crippen LogP contribution in [0.2, 0.25) is 0 Å². The highest BCUT2D eigenvalue weighted by atomic mass is 15.2. The third-order valence-corrected chi connectivity index (χ3v) is 4.95. The highest BCUT2D eigenvalue weighted by Gasteiger charge is 2.29. The molecule has 0 aromatic heterocycles. The van der Waals surface area contributed by atoms with E-state index in [4.69, 9.17) is 0 Å². The molecule has 2 nitrogen and oxygen atoms in total. The zero-order chi connectivity index (χ0) is 14.1. The first-order valence-electron chi connectivity index (χ1n) is 8.67. The van der Waals surface area contributed by atoms with Crippen LogP contribution in [0.1, 0.15) is 78.6 Å². The van der Waals surface area contributed by atoms with Gasteiger partial charge in [-0.1, -0.05) is 46.0 Å². The molecule has 0 bridgehead atoms. The number of hydrogen-bond donors (Lipinski definition) is 1. The SMILES string of the molecule is CCCCN(C(C)CC)C1CCCCCCC1NC. The number of unbranched alkanes of at least 4 members (excludes halogenated alkanes) is 1. The van der Waals surface area contributed by atoms with E-state index in [1.807, 2.05) is 0 Å². The maximum absolute atomic E-state index is 3.62. The summed E-state index contributed by atoms with van der Waals surface area (Å²) in [7, 11) is 2.16. The summed E-state index contributed by atoms with van der Waals surface area (Å²) in [6, 6.07) is 2.18.